The van der Waals surface area contributed by atoms with Gasteiger partial charge in [0, 0.05) is 22.1 Å². The summed E-state index contributed by atoms with van der Waals surface area (Å²) in [6.45, 7) is 0. The van der Waals surface area contributed by atoms with E-state index < -0.39 is 0 Å². The number of para-hydroxylation sites is 2. The van der Waals surface area contributed by atoms with Crippen molar-refractivity contribution in [2.24, 2.45) is 0 Å². The van der Waals surface area contributed by atoms with Gasteiger partial charge in [-0.1, -0.05) is 146 Å². The molecule has 0 aliphatic rings. The summed E-state index contributed by atoms with van der Waals surface area (Å²) in [5.41, 5.74) is 12.0. The number of hydrogen-bond acceptors (Lipinski definition) is 2. The first kappa shape index (κ1) is 27.9. The molecule has 2 nitrogen and oxygen atoms in total. The lowest BCUT2D eigenvalue weighted by atomic mass is 9.93. The van der Waals surface area contributed by atoms with Crippen LogP contribution < -0.4 is 4.90 Å². The van der Waals surface area contributed by atoms with Crippen molar-refractivity contribution >= 4 is 49.8 Å². The van der Waals surface area contributed by atoms with Crippen molar-refractivity contribution in [1.82, 2.24) is 0 Å². The standard InChI is InChI=1S/C46H31NO/c1-3-13-34(14-4-1)40-29-28-39(31-43(40)35-15-5-2-6-16-35)47(44-20-11-19-42-41-18-9-10-21-45(41)48-46(42)44)38-26-24-33(25-27-38)37-23-22-32-12-7-8-17-36(32)30-37/h1-31H. The minimum Gasteiger partial charge on any atom is -0.454 e. The minimum absolute atomic E-state index is 0.866. The van der Waals surface area contributed by atoms with Gasteiger partial charge in [-0.25, -0.2) is 0 Å². The Morgan fingerprint density at radius 3 is 1.77 bits per heavy atom. The summed E-state index contributed by atoms with van der Waals surface area (Å²) in [6, 6.07) is 66.9. The van der Waals surface area contributed by atoms with Gasteiger partial charge in [0.15, 0.2) is 5.58 Å². The molecule has 0 saturated heterocycles. The van der Waals surface area contributed by atoms with E-state index in [1.165, 1.54) is 44.2 Å². The highest BCUT2D eigenvalue weighted by molar-refractivity contribution is 6.10. The van der Waals surface area contributed by atoms with E-state index in [4.69, 9.17) is 4.42 Å². The Morgan fingerprint density at radius 1 is 0.354 bits per heavy atom. The number of rotatable bonds is 6. The number of furan rings is 1. The molecule has 48 heavy (non-hydrogen) atoms. The minimum atomic E-state index is 0.866. The predicted molar refractivity (Wildman–Crippen MR) is 202 cm³/mol. The van der Waals surface area contributed by atoms with Gasteiger partial charge in [0.2, 0.25) is 0 Å². The molecule has 8 aromatic carbocycles. The molecule has 0 amide bonds. The van der Waals surface area contributed by atoms with Crippen LogP contribution in [-0.4, -0.2) is 0 Å². The first-order valence-corrected chi connectivity index (χ1v) is 16.3. The number of anilines is 3. The fourth-order valence-electron chi connectivity index (χ4n) is 6.90. The average molecular weight is 614 g/mol. The van der Waals surface area contributed by atoms with Crippen LogP contribution >= 0.6 is 0 Å². The van der Waals surface area contributed by atoms with Gasteiger partial charge in [0.05, 0.1) is 5.69 Å². The van der Waals surface area contributed by atoms with E-state index in [0.717, 1.165) is 39.0 Å². The lowest BCUT2D eigenvalue weighted by Crippen LogP contribution is -2.10. The first-order chi connectivity index (χ1) is 23.8. The smallest absolute Gasteiger partial charge is 0.159 e. The zero-order valence-electron chi connectivity index (χ0n) is 26.3. The molecule has 0 fully saturated rings. The van der Waals surface area contributed by atoms with E-state index >= 15 is 0 Å². The number of benzene rings is 8. The fourth-order valence-corrected chi connectivity index (χ4v) is 6.90. The van der Waals surface area contributed by atoms with E-state index in [0.29, 0.717) is 0 Å². The molecule has 0 N–H and O–H groups in total. The molecule has 0 aliphatic heterocycles. The van der Waals surface area contributed by atoms with Crippen molar-refractivity contribution in [3.05, 3.63) is 188 Å². The van der Waals surface area contributed by atoms with Crippen LogP contribution in [0.25, 0.3) is 66.1 Å². The van der Waals surface area contributed by atoms with Crippen molar-refractivity contribution < 1.29 is 4.42 Å². The number of hydrogen-bond donors (Lipinski definition) is 0. The monoisotopic (exact) mass is 613 g/mol. The Bertz CT molecular complexity index is 2550. The van der Waals surface area contributed by atoms with Gasteiger partial charge in [-0.3, -0.25) is 0 Å². The van der Waals surface area contributed by atoms with Crippen LogP contribution in [0.3, 0.4) is 0 Å². The number of nitrogens with zero attached hydrogens (tertiary/aromatic N) is 1. The Balaban J connectivity index is 1.24. The SMILES string of the molecule is c1ccc(-c2ccc(N(c3ccc(-c4ccc5ccccc5c4)cc3)c3cccc4c3oc3ccccc34)cc2-c2ccccc2)cc1. The van der Waals surface area contributed by atoms with E-state index in [1.807, 2.05) is 12.1 Å². The summed E-state index contributed by atoms with van der Waals surface area (Å²) in [5.74, 6) is 0. The molecule has 1 aromatic heterocycles. The summed E-state index contributed by atoms with van der Waals surface area (Å²) in [7, 11) is 0. The average Bonchev–Trinajstić information content (AvgIpc) is 3.55. The van der Waals surface area contributed by atoms with Crippen LogP contribution in [0.4, 0.5) is 17.1 Å². The third kappa shape index (κ3) is 4.92. The van der Waals surface area contributed by atoms with Gasteiger partial charge in [-0.2, -0.15) is 0 Å². The molecule has 0 radical (unpaired) electrons. The molecule has 0 aliphatic carbocycles. The summed E-state index contributed by atoms with van der Waals surface area (Å²) in [5, 5.41) is 4.70. The molecule has 0 bridgehead atoms. The Labute approximate surface area is 279 Å². The molecule has 0 saturated carbocycles. The molecule has 9 rings (SSSR count). The fraction of sp³-hybridized carbons (Fsp3) is 0. The molecule has 1 heterocycles. The highest BCUT2D eigenvalue weighted by Gasteiger charge is 2.21. The summed E-state index contributed by atoms with van der Waals surface area (Å²) in [4.78, 5) is 2.33. The highest BCUT2D eigenvalue weighted by Crippen LogP contribution is 2.45. The largest absolute Gasteiger partial charge is 0.454 e. The normalized spacial score (nSPS) is 11.3. The van der Waals surface area contributed by atoms with Crippen molar-refractivity contribution in [3.8, 4) is 33.4 Å². The Morgan fingerprint density at radius 2 is 0.979 bits per heavy atom. The topological polar surface area (TPSA) is 16.4 Å². The van der Waals surface area contributed by atoms with Gasteiger partial charge in [-0.05, 0) is 86.6 Å². The molecule has 0 atom stereocenters. The zero-order chi connectivity index (χ0) is 31.9. The summed E-state index contributed by atoms with van der Waals surface area (Å²) >= 11 is 0. The van der Waals surface area contributed by atoms with Gasteiger partial charge >= 0.3 is 0 Å². The lowest BCUT2D eigenvalue weighted by molar-refractivity contribution is 0.669. The molecule has 9 aromatic rings. The predicted octanol–water partition coefficient (Wildman–Crippen LogP) is 13.2. The Kier molecular flexibility index (Phi) is 6.84. The maximum Gasteiger partial charge on any atom is 0.159 e. The number of fused-ring (bicyclic) bond motifs is 4. The molecular formula is C46H31NO. The molecular weight excluding hydrogens is 583 g/mol. The summed E-state index contributed by atoms with van der Waals surface area (Å²) in [6.07, 6.45) is 0. The molecule has 0 spiro atoms. The summed E-state index contributed by atoms with van der Waals surface area (Å²) < 4.78 is 6.61. The van der Waals surface area contributed by atoms with Gasteiger partial charge in [0.1, 0.15) is 5.58 Å². The first-order valence-electron chi connectivity index (χ1n) is 16.3. The zero-order valence-corrected chi connectivity index (χ0v) is 26.3. The van der Waals surface area contributed by atoms with Crippen LogP contribution in [0.1, 0.15) is 0 Å². The Hall–Kier alpha value is -6.38. The van der Waals surface area contributed by atoms with E-state index in [-0.39, 0.29) is 0 Å². The van der Waals surface area contributed by atoms with Gasteiger partial charge < -0.3 is 9.32 Å². The van der Waals surface area contributed by atoms with E-state index in [2.05, 4.69) is 181 Å². The van der Waals surface area contributed by atoms with E-state index in [9.17, 15) is 0 Å². The van der Waals surface area contributed by atoms with Gasteiger partial charge in [-0.15, -0.1) is 0 Å². The third-order valence-corrected chi connectivity index (χ3v) is 9.26. The second-order valence-electron chi connectivity index (χ2n) is 12.2. The van der Waals surface area contributed by atoms with E-state index in [1.54, 1.807) is 0 Å². The lowest BCUT2D eigenvalue weighted by Gasteiger charge is -2.27. The maximum absolute atomic E-state index is 6.61. The van der Waals surface area contributed by atoms with Crippen LogP contribution in [-0.2, 0) is 0 Å². The van der Waals surface area contributed by atoms with Crippen molar-refractivity contribution in [3.63, 3.8) is 0 Å². The second kappa shape index (κ2) is 11.8. The quantitative estimate of drug-likeness (QED) is 0.185. The molecule has 2 heteroatoms. The van der Waals surface area contributed by atoms with Crippen LogP contribution in [0.15, 0.2) is 192 Å². The molecule has 226 valence electrons. The molecule has 0 unspecified atom stereocenters. The van der Waals surface area contributed by atoms with Crippen LogP contribution in [0, 0.1) is 0 Å². The second-order valence-corrected chi connectivity index (χ2v) is 12.2. The maximum atomic E-state index is 6.61. The third-order valence-electron chi connectivity index (χ3n) is 9.26. The van der Waals surface area contributed by atoms with Crippen molar-refractivity contribution in [2.45, 2.75) is 0 Å². The highest BCUT2D eigenvalue weighted by atomic mass is 16.3. The van der Waals surface area contributed by atoms with Crippen LogP contribution in [0.2, 0.25) is 0 Å². The van der Waals surface area contributed by atoms with Crippen LogP contribution in [0.5, 0.6) is 0 Å². The van der Waals surface area contributed by atoms with Crippen molar-refractivity contribution in [2.75, 3.05) is 4.90 Å². The van der Waals surface area contributed by atoms with Gasteiger partial charge in [0.25, 0.3) is 0 Å². The van der Waals surface area contributed by atoms with Crippen molar-refractivity contribution in [1.29, 1.82) is 0 Å².